The Morgan fingerprint density at radius 3 is 2.15 bits per heavy atom. The molecule has 3 fully saturated rings. The highest BCUT2D eigenvalue weighted by atomic mass is 35.5. The Bertz CT molecular complexity index is 1970. The van der Waals surface area contributed by atoms with Crippen molar-refractivity contribution in [3.05, 3.63) is 100 Å². The molecular formula is C33H21Cl2F5N2O6. The van der Waals surface area contributed by atoms with Crippen LogP contribution in [0.3, 0.4) is 0 Å². The lowest BCUT2D eigenvalue weighted by Crippen LogP contribution is -2.60. The number of hydrogen-bond donors (Lipinski definition) is 2. The van der Waals surface area contributed by atoms with Gasteiger partial charge >= 0.3 is 0 Å². The van der Waals surface area contributed by atoms with Crippen molar-refractivity contribution >= 4 is 52.5 Å². The Balaban J connectivity index is 1.39. The Morgan fingerprint density at radius 2 is 1.50 bits per heavy atom. The van der Waals surface area contributed by atoms with E-state index >= 15 is 8.78 Å². The van der Waals surface area contributed by atoms with Gasteiger partial charge in [-0.3, -0.25) is 24.5 Å². The summed E-state index contributed by atoms with van der Waals surface area (Å²) in [6.07, 6.45) is 0.862. The largest absolute Gasteiger partial charge is 0.508 e. The molecule has 0 bridgehead atoms. The molecule has 1 saturated carbocycles. The molecule has 0 aromatic heterocycles. The summed E-state index contributed by atoms with van der Waals surface area (Å²) >= 11 is 14.1. The molecule has 7 rings (SSSR count). The maximum absolute atomic E-state index is 15.1. The number of nitrogens with zero attached hydrogens (tertiary/aromatic N) is 1. The first-order chi connectivity index (χ1) is 22.7. The summed E-state index contributed by atoms with van der Waals surface area (Å²) in [5.74, 6) is -21.9. The monoisotopic (exact) mass is 706 g/mol. The number of anilines is 1. The quantitative estimate of drug-likeness (QED) is 0.0903. The number of carbonyl (C=O) groups is 4. The number of carbonyl (C=O) groups excluding carboxylic acids is 4. The van der Waals surface area contributed by atoms with Crippen molar-refractivity contribution in [1.82, 2.24) is 5.32 Å². The number of allylic oxidation sites excluding steroid dienone is 2. The van der Waals surface area contributed by atoms with Crippen LogP contribution in [-0.4, -0.2) is 38.5 Å². The van der Waals surface area contributed by atoms with Crippen LogP contribution in [0, 0.1) is 46.8 Å². The van der Waals surface area contributed by atoms with E-state index in [-0.39, 0.29) is 34.8 Å². The first-order valence-corrected chi connectivity index (χ1v) is 15.3. The van der Waals surface area contributed by atoms with Gasteiger partial charge in [0, 0.05) is 17.5 Å². The highest BCUT2D eigenvalue weighted by Gasteiger charge is 2.77. The number of imide groups is 2. The van der Waals surface area contributed by atoms with E-state index in [1.807, 2.05) is 6.07 Å². The van der Waals surface area contributed by atoms with Crippen LogP contribution >= 0.6 is 23.2 Å². The minimum atomic E-state index is -2.75. The summed E-state index contributed by atoms with van der Waals surface area (Å²) in [7, 11) is 0. The van der Waals surface area contributed by atoms with E-state index in [0.717, 1.165) is 5.56 Å². The second-order valence-electron chi connectivity index (χ2n) is 12.0. The van der Waals surface area contributed by atoms with Crippen molar-refractivity contribution in [3.8, 4) is 11.5 Å². The van der Waals surface area contributed by atoms with Crippen molar-refractivity contribution in [2.75, 3.05) is 4.90 Å². The molecule has 2 aliphatic heterocycles. The fourth-order valence-electron chi connectivity index (χ4n) is 7.42. The van der Waals surface area contributed by atoms with Gasteiger partial charge in [-0.15, -0.1) is 23.2 Å². The van der Waals surface area contributed by atoms with Gasteiger partial charge in [0.1, 0.15) is 23.8 Å². The van der Waals surface area contributed by atoms with Crippen LogP contribution in [0.15, 0.2) is 60.2 Å². The third kappa shape index (κ3) is 4.26. The predicted octanol–water partition coefficient (Wildman–Crippen LogP) is 5.52. The van der Waals surface area contributed by atoms with Crippen LogP contribution in [0.4, 0.5) is 27.6 Å². The highest BCUT2D eigenvalue weighted by Crippen LogP contribution is 2.66. The summed E-state index contributed by atoms with van der Waals surface area (Å²) in [5.41, 5.74) is -0.993. The minimum Gasteiger partial charge on any atom is -0.508 e. The topological polar surface area (TPSA) is 113 Å². The maximum atomic E-state index is 15.1. The van der Waals surface area contributed by atoms with Crippen LogP contribution in [-0.2, 0) is 25.8 Å². The predicted molar refractivity (Wildman–Crippen MR) is 158 cm³/mol. The number of nitrogens with one attached hydrogen (secondary N) is 1. The lowest BCUT2D eigenvalue weighted by molar-refractivity contribution is -0.127. The molecular weight excluding hydrogens is 686 g/mol. The summed E-state index contributed by atoms with van der Waals surface area (Å²) in [6.45, 7) is 0.108. The number of fused-ring (bicyclic) bond motifs is 4. The molecule has 2 N–H and O–H groups in total. The van der Waals surface area contributed by atoms with E-state index in [0.29, 0.717) is 0 Å². The zero-order chi connectivity index (χ0) is 34.4. The number of hydrogen-bond acceptors (Lipinski definition) is 6. The number of rotatable bonds is 5. The van der Waals surface area contributed by atoms with Gasteiger partial charge in [-0.1, -0.05) is 48.0 Å². The smallest absolute Gasteiger partial charge is 0.258 e. The van der Waals surface area contributed by atoms with Crippen molar-refractivity contribution < 1.29 is 51.0 Å². The number of phenols is 1. The van der Waals surface area contributed by atoms with Crippen LogP contribution in [0.1, 0.15) is 29.9 Å². The van der Waals surface area contributed by atoms with E-state index in [1.54, 1.807) is 24.3 Å². The first kappa shape index (κ1) is 32.1. The number of aromatic hydroxyl groups is 1. The molecule has 0 spiro atoms. The summed E-state index contributed by atoms with van der Waals surface area (Å²) < 4.78 is 78.6. The molecule has 3 aromatic carbocycles. The Morgan fingerprint density at radius 1 is 0.854 bits per heavy atom. The van der Waals surface area contributed by atoms with Gasteiger partial charge in [0.25, 0.3) is 11.8 Å². The highest BCUT2D eigenvalue weighted by molar-refractivity contribution is 6.58. The minimum absolute atomic E-state index is 0.0185. The van der Waals surface area contributed by atoms with Gasteiger partial charge in [0.05, 0.1) is 11.8 Å². The molecule has 3 aromatic rings. The molecule has 0 radical (unpaired) electrons. The standard InChI is InChI=1S/C33H21Cl2F5N2O6/c34-32-11-18-15(8-9-17-20(18)29(45)41-28(17)44)21(16-7-6-14(10-19(16)43)48-12-13-4-2-1-3-5-13)33(32,35)31(47)42(30(32)46)27-25(39)23(37)22(36)24(38)26(27)40/h1-8,10,17-18,20-21,43H,9,11-12H2,(H,41,44,45). The van der Waals surface area contributed by atoms with Crippen LogP contribution in [0.2, 0.25) is 0 Å². The van der Waals surface area contributed by atoms with Gasteiger partial charge < -0.3 is 9.84 Å². The molecule has 48 heavy (non-hydrogen) atoms. The van der Waals surface area contributed by atoms with Crippen molar-refractivity contribution in [2.45, 2.75) is 35.1 Å². The molecule has 6 atom stereocenters. The van der Waals surface area contributed by atoms with E-state index in [2.05, 4.69) is 5.32 Å². The average molecular weight is 707 g/mol. The summed E-state index contributed by atoms with van der Waals surface area (Å²) in [4.78, 5) is 48.3. The Kier molecular flexibility index (Phi) is 7.37. The number of amides is 4. The molecule has 4 amide bonds. The number of phenolic OH excluding ortho intramolecular Hbond substituents is 1. The van der Waals surface area contributed by atoms with Gasteiger partial charge in [0.2, 0.25) is 17.6 Å². The van der Waals surface area contributed by atoms with Crippen LogP contribution < -0.4 is 15.0 Å². The molecule has 248 valence electrons. The number of halogens is 7. The Labute approximate surface area is 278 Å². The third-order valence-corrected chi connectivity index (χ3v) is 11.0. The van der Waals surface area contributed by atoms with Crippen LogP contribution in [0.25, 0.3) is 0 Å². The van der Waals surface area contributed by atoms with Crippen molar-refractivity contribution in [2.24, 2.45) is 17.8 Å². The van der Waals surface area contributed by atoms with Crippen LogP contribution in [0.5, 0.6) is 11.5 Å². The molecule has 8 nitrogen and oxygen atoms in total. The second-order valence-corrected chi connectivity index (χ2v) is 13.3. The number of benzene rings is 3. The van der Waals surface area contributed by atoms with Gasteiger partial charge in [-0.25, -0.2) is 26.9 Å². The fraction of sp³-hybridized carbons (Fsp3) is 0.273. The molecule has 2 aliphatic carbocycles. The molecule has 6 unspecified atom stereocenters. The van der Waals surface area contributed by atoms with E-state index in [4.69, 9.17) is 27.9 Å². The Hall–Kier alpha value is -4.49. The third-order valence-electron chi connectivity index (χ3n) is 9.63. The number of alkyl halides is 2. The normalized spacial score (nSPS) is 29.3. The summed E-state index contributed by atoms with van der Waals surface area (Å²) in [5, 5.41) is 13.6. The maximum Gasteiger partial charge on any atom is 0.258 e. The number of ether oxygens (including phenoxy) is 1. The molecule has 2 heterocycles. The lowest BCUT2D eigenvalue weighted by atomic mass is 9.56. The van der Waals surface area contributed by atoms with E-state index in [9.17, 15) is 37.5 Å². The van der Waals surface area contributed by atoms with Gasteiger partial charge in [-0.2, -0.15) is 0 Å². The molecule has 2 saturated heterocycles. The fourth-order valence-corrected chi connectivity index (χ4v) is 8.35. The molecule has 15 heteroatoms. The zero-order valence-corrected chi connectivity index (χ0v) is 25.7. The SMILES string of the molecule is O=C1NC(=O)C2C1CC=C1C2CC2(Cl)C(=O)N(c3c(F)c(F)c(F)c(F)c3F)C(=O)C2(Cl)C1c1ccc(OCc2ccccc2)cc1O. The van der Waals surface area contributed by atoms with Gasteiger partial charge in [0.15, 0.2) is 33.0 Å². The van der Waals surface area contributed by atoms with E-state index < -0.39 is 104 Å². The second kappa shape index (κ2) is 11.0. The van der Waals surface area contributed by atoms with E-state index in [1.165, 1.54) is 24.3 Å². The molecule has 4 aliphatic rings. The van der Waals surface area contributed by atoms with Gasteiger partial charge in [-0.05, 0) is 30.4 Å². The lowest BCUT2D eigenvalue weighted by Gasteiger charge is -2.50. The van der Waals surface area contributed by atoms with Crippen molar-refractivity contribution in [1.29, 1.82) is 0 Å². The zero-order valence-electron chi connectivity index (χ0n) is 24.2. The average Bonchev–Trinajstić information content (AvgIpc) is 3.44. The summed E-state index contributed by atoms with van der Waals surface area (Å²) in [6, 6.07) is 12.9. The van der Waals surface area contributed by atoms with Crippen molar-refractivity contribution in [3.63, 3.8) is 0 Å². The first-order valence-electron chi connectivity index (χ1n) is 14.5.